The van der Waals surface area contributed by atoms with Gasteiger partial charge in [-0.25, -0.2) is 4.79 Å². The molecule has 0 radical (unpaired) electrons. The van der Waals surface area contributed by atoms with Crippen LogP contribution in [0.1, 0.15) is 46.6 Å². The second kappa shape index (κ2) is 9.34. The van der Waals surface area contributed by atoms with E-state index in [2.05, 4.69) is 42.3 Å². The van der Waals surface area contributed by atoms with Gasteiger partial charge in [0.15, 0.2) is 0 Å². The molecule has 6 nitrogen and oxygen atoms in total. The Balaban J connectivity index is 2.01. The van der Waals surface area contributed by atoms with Gasteiger partial charge in [0.25, 0.3) is 0 Å². The monoisotopic (exact) mass is 387 g/mol. The van der Waals surface area contributed by atoms with Gasteiger partial charge in [-0.1, -0.05) is 12.1 Å². The molecule has 6 heteroatoms. The van der Waals surface area contributed by atoms with Crippen molar-refractivity contribution in [2.24, 2.45) is 0 Å². The van der Waals surface area contributed by atoms with E-state index in [0.717, 1.165) is 10.8 Å². The van der Waals surface area contributed by atoms with Crippen LogP contribution in [0, 0.1) is 0 Å². The second-order valence-corrected chi connectivity index (χ2v) is 8.77. The third kappa shape index (κ3) is 7.09. The third-order valence-electron chi connectivity index (χ3n) is 4.30. The summed E-state index contributed by atoms with van der Waals surface area (Å²) in [7, 11) is 0. The molecule has 0 aliphatic carbocycles. The SMILES string of the molecule is CC(C)(CN(CCCO)C(=O)OC(C)(C)C)NCc1ccc2cnccc2c1. The molecule has 2 N–H and O–H groups in total. The Morgan fingerprint density at radius 1 is 1.18 bits per heavy atom. The molecule has 0 atom stereocenters. The molecular weight excluding hydrogens is 354 g/mol. The summed E-state index contributed by atoms with van der Waals surface area (Å²) >= 11 is 0. The first-order chi connectivity index (χ1) is 13.1. The minimum Gasteiger partial charge on any atom is -0.444 e. The zero-order valence-electron chi connectivity index (χ0n) is 17.7. The van der Waals surface area contributed by atoms with Crippen molar-refractivity contribution in [3.63, 3.8) is 0 Å². The van der Waals surface area contributed by atoms with Crippen LogP contribution in [0.3, 0.4) is 0 Å². The number of aromatic nitrogens is 1. The molecule has 0 saturated heterocycles. The van der Waals surface area contributed by atoms with Crippen LogP contribution in [-0.4, -0.2) is 51.9 Å². The zero-order chi connectivity index (χ0) is 20.8. The van der Waals surface area contributed by atoms with Gasteiger partial charge in [0.1, 0.15) is 5.60 Å². The first-order valence-electron chi connectivity index (χ1n) is 9.76. The van der Waals surface area contributed by atoms with Crippen LogP contribution < -0.4 is 5.32 Å². The second-order valence-electron chi connectivity index (χ2n) is 8.77. The molecule has 0 aliphatic heterocycles. The van der Waals surface area contributed by atoms with Crippen LogP contribution in [0.25, 0.3) is 10.8 Å². The summed E-state index contributed by atoms with van der Waals surface area (Å²) in [4.78, 5) is 18.4. The fraction of sp³-hybridized carbons (Fsp3) is 0.545. The highest BCUT2D eigenvalue weighted by atomic mass is 16.6. The number of nitrogens with one attached hydrogen (secondary N) is 1. The predicted molar refractivity (Wildman–Crippen MR) is 112 cm³/mol. The molecule has 0 fully saturated rings. The van der Waals surface area contributed by atoms with E-state index in [1.807, 2.05) is 33.0 Å². The highest BCUT2D eigenvalue weighted by Crippen LogP contribution is 2.17. The fourth-order valence-electron chi connectivity index (χ4n) is 2.94. The minimum absolute atomic E-state index is 0.0408. The lowest BCUT2D eigenvalue weighted by molar-refractivity contribution is 0.0192. The number of carbonyl (C=O) groups is 1. The summed E-state index contributed by atoms with van der Waals surface area (Å²) < 4.78 is 5.53. The van der Waals surface area contributed by atoms with Crippen LogP contribution in [0.5, 0.6) is 0 Å². The van der Waals surface area contributed by atoms with Crippen LogP contribution in [0.15, 0.2) is 36.7 Å². The number of carbonyl (C=O) groups excluding carboxylic acids is 1. The van der Waals surface area contributed by atoms with Gasteiger partial charge in [0.05, 0.1) is 0 Å². The van der Waals surface area contributed by atoms with Crippen molar-refractivity contribution in [3.05, 3.63) is 42.2 Å². The number of aliphatic hydroxyl groups is 1. The number of amides is 1. The summed E-state index contributed by atoms with van der Waals surface area (Å²) in [6.45, 7) is 11.4. The maximum atomic E-state index is 12.6. The molecule has 0 bridgehead atoms. The van der Waals surface area contributed by atoms with Gasteiger partial charge in [0.2, 0.25) is 0 Å². The number of hydrogen-bond acceptors (Lipinski definition) is 5. The number of nitrogens with zero attached hydrogens (tertiary/aromatic N) is 2. The lowest BCUT2D eigenvalue weighted by Crippen LogP contribution is -2.51. The number of pyridine rings is 1. The normalized spacial score (nSPS) is 12.2. The number of hydrogen-bond donors (Lipinski definition) is 2. The van der Waals surface area contributed by atoms with Gasteiger partial charge in [-0.2, -0.15) is 0 Å². The molecule has 28 heavy (non-hydrogen) atoms. The average Bonchev–Trinajstić information content (AvgIpc) is 2.62. The summed E-state index contributed by atoms with van der Waals surface area (Å²) in [5.41, 5.74) is 0.303. The van der Waals surface area contributed by atoms with Crippen molar-refractivity contribution < 1.29 is 14.6 Å². The van der Waals surface area contributed by atoms with E-state index in [0.29, 0.717) is 26.1 Å². The number of fused-ring (bicyclic) bond motifs is 1. The fourth-order valence-corrected chi connectivity index (χ4v) is 2.94. The molecule has 1 aromatic carbocycles. The van der Waals surface area contributed by atoms with Gasteiger partial charge in [-0.3, -0.25) is 4.98 Å². The minimum atomic E-state index is -0.550. The number of aliphatic hydroxyl groups excluding tert-OH is 1. The number of ether oxygens (including phenoxy) is 1. The molecule has 0 spiro atoms. The van der Waals surface area contributed by atoms with Gasteiger partial charge in [-0.05, 0) is 64.1 Å². The van der Waals surface area contributed by atoms with Crippen LogP contribution >= 0.6 is 0 Å². The molecule has 1 aromatic heterocycles. The molecule has 1 amide bonds. The maximum Gasteiger partial charge on any atom is 0.410 e. The van der Waals surface area contributed by atoms with E-state index in [1.54, 1.807) is 11.1 Å². The highest BCUT2D eigenvalue weighted by Gasteiger charge is 2.27. The Bertz CT molecular complexity index is 784. The highest BCUT2D eigenvalue weighted by molar-refractivity contribution is 5.81. The van der Waals surface area contributed by atoms with E-state index in [4.69, 9.17) is 9.84 Å². The van der Waals surface area contributed by atoms with Crippen LogP contribution in [0.4, 0.5) is 4.79 Å². The maximum absolute atomic E-state index is 12.6. The van der Waals surface area contributed by atoms with E-state index in [1.165, 1.54) is 5.56 Å². The van der Waals surface area contributed by atoms with E-state index in [9.17, 15) is 4.79 Å². The van der Waals surface area contributed by atoms with Gasteiger partial charge >= 0.3 is 6.09 Å². The lowest BCUT2D eigenvalue weighted by atomic mass is 10.0. The lowest BCUT2D eigenvalue weighted by Gasteiger charge is -2.35. The summed E-state index contributed by atoms with van der Waals surface area (Å²) in [6.07, 6.45) is 3.82. The molecule has 0 aliphatic rings. The summed E-state index contributed by atoms with van der Waals surface area (Å²) in [5.74, 6) is 0. The molecule has 2 rings (SSSR count). The standard InChI is InChI=1S/C22H33N3O3/c1-21(2,3)28-20(27)25(11-6-12-26)16-22(4,5)24-14-17-7-8-19-15-23-10-9-18(19)13-17/h7-10,13,15,24,26H,6,11-12,14,16H2,1-5H3. The van der Waals surface area contributed by atoms with Crippen LogP contribution in [-0.2, 0) is 11.3 Å². The third-order valence-corrected chi connectivity index (χ3v) is 4.30. The molecular formula is C22H33N3O3. The Hall–Kier alpha value is -2.18. The number of rotatable bonds is 8. The molecule has 0 saturated carbocycles. The van der Waals surface area contributed by atoms with E-state index < -0.39 is 5.60 Å². The van der Waals surface area contributed by atoms with Crippen molar-refractivity contribution in [3.8, 4) is 0 Å². The van der Waals surface area contributed by atoms with Crippen LogP contribution in [0.2, 0.25) is 0 Å². The van der Waals surface area contributed by atoms with Crippen molar-refractivity contribution in [2.45, 2.75) is 58.7 Å². The van der Waals surface area contributed by atoms with Gasteiger partial charge in [0, 0.05) is 49.6 Å². The van der Waals surface area contributed by atoms with Crippen molar-refractivity contribution >= 4 is 16.9 Å². The van der Waals surface area contributed by atoms with E-state index in [-0.39, 0.29) is 18.2 Å². The number of benzene rings is 1. The Morgan fingerprint density at radius 3 is 2.61 bits per heavy atom. The Labute approximate surface area is 167 Å². The largest absolute Gasteiger partial charge is 0.444 e. The first kappa shape index (κ1) is 22.1. The molecule has 2 aromatic rings. The molecule has 154 valence electrons. The van der Waals surface area contributed by atoms with Crippen molar-refractivity contribution in [2.75, 3.05) is 19.7 Å². The van der Waals surface area contributed by atoms with Gasteiger partial charge in [-0.15, -0.1) is 0 Å². The van der Waals surface area contributed by atoms with Gasteiger partial charge < -0.3 is 20.1 Å². The molecule has 0 unspecified atom stereocenters. The summed E-state index contributed by atoms with van der Waals surface area (Å²) in [6, 6.07) is 8.31. The molecule has 1 heterocycles. The van der Waals surface area contributed by atoms with Crippen molar-refractivity contribution in [1.29, 1.82) is 0 Å². The summed E-state index contributed by atoms with van der Waals surface area (Å²) in [5, 5.41) is 15.0. The smallest absolute Gasteiger partial charge is 0.410 e. The Morgan fingerprint density at radius 2 is 1.93 bits per heavy atom. The Kier molecular flexibility index (Phi) is 7.38. The zero-order valence-corrected chi connectivity index (χ0v) is 17.7. The average molecular weight is 388 g/mol. The first-order valence-corrected chi connectivity index (χ1v) is 9.76. The quantitative estimate of drug-likeness (QED) is 0.722. The van der Waals surface area contributed by atoms with E-state index >= 15 is 0 Å². The topological polar surface area (TPSA) is 74.7 Å². The van der Waals surface area contributed by atoms with Crippen molar-refractivity contribution in [1.82, 2.24) is 15.2 Å². The predicted octanol–water partition coefficient (Wildman–Crippen LogP) is 3.72.